The molecule has 2 heterocycles. The Morgan fingerprint density at radius 2 is 2.12 bits per heavy atom. The van der Waals surface area contributed by atoms with E-state index in [4.69, 9.17) is 0 Å². The number of aromatic nitrogens is 3. The van der Waals surface area contributed by atoms with Gasteiger partial charge in [-0.3, -0.25) is 4.68 Å². The first-order chi connectivity index (χ1) is 8.11. The van der Waals surface area contributed by atoms with Crippen molar-refractivity contribution in [3.05, 3.63) is 33.0 Å². The average Bonchev–Trinajstić information content (AvgIpc) is 2.82. The molecule has 0 saturated carbocycles. The maximum Gasteiger partial charge on any atom is 0.107 e. The van der Waals surface area contributed by atoms with E-state index in [2.05, 4.69) is 34.6 Å². The van der Waals surface area contributed by atoms with Gasteiger partial charge in [-0.25, -0.2) is 4.98 Å². The molecule has 0 fully saturated rings. The quantitative estimate of drug-likeness (QED) is 0.903. The molecular formula is C12H18N4S. The number of aryl methyl sites for hydroxylation is 1. The summed E-state index contributed by atoms with van der Waals surface area (Å²) in [5.74, 6) is 0. The van der Waals surface area contributed by atoms with Gasteiger partial charge in [0.2, 0.25) is 0 Å². The third-order valence-corrected chi connectivity index (χ3v) is 3.88. The summed E-state index contributed by atoms with van der Waals surface area (Å²) in [6.45, 7) is 7.87. The van der Waals surface area contributed by atoms with E-state index in [1.807, 2.05) is 18.7 Å². The van der Waals surface area contributed by atoms with Gasteiger partial charge in [-0.05, 0) is 33.4 Å². The molecule has 1 N–H and O–H groups in total. The van der Waals surface area contributed by atoms with E-state index in [1.54, 1.807) is 11.3 Å². The second-order valence-electron chi connectivity index (χ2n) is 4.22. The van der Waals surface area contributed by atoms with Crippen LogP contribution in [0.4, 0.5) is 0 Å². The third kappa shape index (κ3) is 2.56. The first-order valence-electron chi connectivity index (χ1n) is 5.70. The zero-order valence-electron chi connectivity index (χ0n) is 10.7. The molecule has 0 aromatic carbocycles. The van der Waals surface area contributed by atoms with Crippen molar-refractivity contribution in [3.63, 3.8) is 0 Å². The van der Waals surface area contributed by atoms with Crippen LogP contribution < -0.4 is 5.32 Å². The Labute approximate surface area is 106 Å². The van der Waals surface area contributed by atoms with E-state index in [9.17, 15) is 0 Å². The number of rotatable bonds is 4. The van der Waals surface area contributed by atoms with E-state index in [1.165, 1.54) is 11.3 Å². The summed E-state index contributed by atoms with van der Waals surface area (Å²) in [6, 6.07) is 0. The van der Waals surface area contributed by atoms with Crippen LogP contribution in [0.1, 0.15) is 27.7 Å². The molecule has 0 saturated heterocycles. The molecule has 0 radical (unpaired) electrons. The molecule has 0 spiro atoms. The summed E-state index contributed by atoms with van der Waals surface area (Å²) >= 11 is 1.70. The van der Waals surface area contributed by atoms with Gasteiger partial charge in [-0.1, -0.05) is 0 Å². The van der Waals surface area contributed by atoms with Crippen LogP contribution in [0.5, 0.6) is 0 Å². The van der Waals surface area contributed by atoms with Gasteiger partial charge in [0.1, 0.15) is 5.01 Å². The molecule has 2 aromatic heterocycles. The van der Waals surface area contributed by atoms with Crippen molar-refractivity contribution in [2.24, 2.45) is 0 Å². The monoisotopic (exact) mass is 250 g/mol. The molecule has 5 heteroatoms. The summed E-state index contributed by atoms with van der Waals surface area (Å²) in [5, 5.41) is 10.9. The highest BCUT2D eigenvalue weighted by Crippen LogP contribution is 2.15. The van der Waals surface area contributed by atoms with Crippen LogP contribution in [0, 0.1) is 20.8 Å². The van der Waals surface area contributed by atoms with Crippen LogP contribution in [-0.4, -0.2) is 21.8 Å². The molecule has 2 aromatic rings. The zero-order chi connectivity index (χ0) is 12.4. The maximum absolute atomic E-state index is 4.57. The summed E-state index contributed by atoms with van der Waals surface area (Å²) < 4.78 is 2.03. The van der Waals surface area contributed by atoms with Crippen molar-refractivity contribution in [2.75, 3.05) is 7.05 Å². The van der Waals surface area contributed by atoms with Crippen molar-refractivity contribution >= 4 is 11.3 Å². The second kappa shape index (κ2) is 4.98. The Morgan fingerprint density at radius 3 is 2.71 bits per heavy atom. The van der Waals surface area contributed by atoms with E-state index in [-0.39, 0.29) is 0 Å². The van der Waals surface area contributed by atoms with Crippen molar-refractivity contribution in [1.29, 1.82) is 0 Å². The number of hydrogen-bond acceptors (Lipinski definition) is 4. The van der Waals surface area contributed by atoms with Gasteiger partial charge in [0.15, 0.2) is 0 Å². The molecule has 0 unspecified atom stereocenters. The Hall–Kier alpha value is -1.20. The van der Waals surface area contributed by atoms with E-state index in [0.717, 1.165) is 29.5 Å². The predicted octanol–water partition coefficient (Wildman–Crippen LogP) is 2.03. The third-order valence-electron chi connectivity index (χ3n) is 2.98. The summed E-state index contributed by atoms with van der Waals surface area (Å²) in [4.78, 5) is 4.57. The van der Waals surface area contributed by atoms with Gasteiger partial charge in [0.25, 0.3) is 0 Å². The topological polar surface area (TPSA) is 42.7 Å². The highest BCUT2D eigenvalue weighted by molar-refractivity contribution is 7.09. The molecular weight excluding hydrogens is 232 g/mol. The van der Waals surface area contributed by atoms with Crippen LogP contribution in [0.25, 0.3) is 0 Å². The van der Waals surface area contributed by atoms with Crippen LogP contribution >= 0.6 is 11.3 Å². The Morgan fingerprint density at radius 1 is 1.35 bits per heavy atom. The predicted molar refractivity (Wildman–Crippen MR) is 70.4 cm³/mol. The standard InChI is InChI=1S/C12H18N4S/c1-8-9(2)15-16(10(8)3)6-11-7-17-12(14-11)5-13-4/h7,13H,5-6H2,1-4H3. The van der Waals surface area contributed by atoms with Crippen molar-refractivity contribution in [3.8, 4) is 0 Å². The molecule has 2 rings (SSSR count). The molecule has 92 valence electrons. The van der Waals surface area contributed by atoms with Gasteiger partial charge in [-0.2, -0.15) is 5.10 Å². The SMILES string of the molecule is CNCc1nc(Cn2nc(C)c(C)c2C)cs1. The Bertz CT molecular complexity index is 513. The van der Waals surface area contributed by atoms with Crippen LogP contribution in [-0.2, 0) is 13.1 Å². The molecule has 0 aliphatic carbocycles. The number of thiazole rings is 1. The molecule has 0 aliphatic rings. The fourth-order valence-electron chi connectivity index (χ4n) is 1.75. The molecule has 0 atom stereocenters. The van der Waals surface area contributed by atoms with Crippen LogP contribution in [0.15, 0.2) is 5.38 Å². The summed E-state index contributed by atoms with van der Waals surface area (Å²) in [6.07, 6.45) is 0. The van der Waals surface area contributed by atoms with E-state index >= 15 is 0 Å². The fourth-order valence-corrected chi connectivity index (χ4v) is 2.54. The van der Waals surface area contributed by atoms with Gasteiger partial charge in [0, 0.05) is 17.6 Å². The normalized spacial score (nSPS) is 11.1. The first-order valence-corrected chi connectivity index (χ1v) is 6.58. The minimum Gasteiger partial charge on any atom is -0.314 e. The highest BCUT2D eigenvalue weighted by Gasteiger charge is 2.09. The first kappa shape index (κ1) is 12.3. The molecule has 0 amide bonds. The van der Waals surface area contributed by atoms with Crippen molar-refractivity contribution in [2.45, 2.75) is 33.9 Å². The van der Waals surface area contributed by atoms with Gasteiger partial charge >= 0.3 is 0 Å². The van der Waals surface area contributed by atoms with Crippen molar-refractivity contribution < 1.29 is 0 Å². The smallest absolute Gasteiger partial charge is 0.107 e. The molecule has 17 heavy (non-hydrogen) atoms. The van der Waals surface area contributed by atoms with Gasteiger partial charge < -0.3 is 5.32 Å². The van der Waals surface area contributed by atoms with Gasteiger partial charge in [-0.15, -0.1) is 11.3 Å². The molecule has 4 nitrogen and oxygen atoms in total. The van der Waals surface area contributed by atoms with E-state index < -0.39 is 0 Å². The summed E-state index contributed by atoms with van der Waals surface area (Å²) in [7, 11) is 1.94. The minimum atomic E-state index is 0.765. The van der Waals surface area contributed by atoms with Crippen LogP contribution in [0.3, 0.4) is 0 Å². The van der Waals surface area contributed by atoms with Crippen molar-refractivity contribution in [1.82, 2.24) is 20.1 Å². The van der Waals surface area contributed by atoms with Crippen LogP contribution in [0.2, 0.25) is 0 Å². The zero-order valence-corrected chi connectivity index (χ0v) is 11.6. The van der Waals surface area contributed by atoms with Gasteiger partial charge in [0.05, 0.1) is 17.9 Å². The minimum absolute atomic E-state index is 0.765. The number of nitrogens with zero attached hydrogens (tertiary/aromatic N) is 3. The second-order valence-corrected chi connectivity index (χ2v) is 5.16. The molecule has 0 bridgehead atoms. The molecule has 0 aliphatic heterocycles. The lowest BCUT2D eigenvalue weighted by Crippen LogP contribution is -2.07. The Balaban J connectivity index is 2.16. The largest absolute Gasteiger partial charge is 0.314 e. The lowest BCUT2D eigenvalue weighted by molar-refractivity contribution is 0.646. The number of hydrogen-bond donors (Lipinski definition) is 1. The lowest BCUT2D eigenvalue weighted by atomic mass is 10.2. The van der Waals surface area contributed by atoms with E-state index in [0.29, 0.717) is 0 Å². The summed E-state index contributed by atoms with van der Waals surface area (Å²) in [5.41, 5.74) is 4.69. The highest BCUT2D eigenvalue weighted by atomic mass is 32.1. The Kier molecular flexibility index (Phi) is 3.59. The fraction of sp³-hybridized carbons (Fsp3) is 0.500. The average molecular weight is 250 g/mol. The lowest BCUT2D eigenvalue weighted by Gasteiger charge is -2.01. The number of nitrogens with one attached hydrogen (secondary N) is 1. The maximum atomic E-state index is 4.57.